The van der Waals surface area contributed by atoms with Crippen LogP contribution in [0.15, 0.2) is 0 Å². The van der Waals surface area contributed by atoms with E-state index in [1.165, 1.54) is 0 Å². The molecule has 0 bridgehead atoms. The molecule has 0 amide bonds. The Morgan fingerprint density at radius 1 is 1.35 bits per heavy atom. The van der Waals surface area contributed by atoms with Gasteiger partial charge >= 0.3 is 0 Å². The first kappa shape index (κ1) is 15.5. The summed E-state index contributed by atoms with van der Waals surface area (Å²) in [7, 11) is 0. The van der Waals surface area contributed by atoms with Crippen molar-refractivity contribution in [2.24, 2.45) is 5.92 Å². The fourth-order valence-electron chi connectivity index (χ4n) is 1.36. The van der Waals surface area contributed by atoms with E-state index in [1.54, 1.807) is 0 Å². The third-order valence-corrected chi connectivity index (χ3v) is 5.19. The highest BCUT2D eigenvalue weighted by atomic mass is 127. The molecule has 1 aromatic heterocycles. The van der Waals surface area contributed by atoms with Crippen molar-refractivity contribution in [1.82, 2.24) is 9.97 Å². The normalized spacial score (nSPS) is 11.2. The number of thioether (sulfide) groups is 1. The van der Waals surface area contributed by atoms with Crippen LogP contribution in [0.25, 0.3) is 0 Å². The molecule has 0 saturated heterocycles. The molecule has 96 valence electrons. The summed E-state index contributed by atoms with van der Waals surface area (Å²) >= 11 is 10.2. The molecule has 0 saturated carbocycles. The Labute approximate surface area is 126 Å². The zero-order chi connectivity index (χ0) is 12.8. The molecule has 2 nitrogen and oxygen atoms in total. The van der Waals surface area contributed by atoms with Crippen LogP contribution in [0.5, 0.6) is 0 Å². The van der Waals surface area contributed by atoms with E-state index in [2.05, 4.69) is 53.3 Å². The van der Waals surface area contributed by atoms with Crippen molar-refractivity contribution in [2.75, 3.05) is 5.75 Å². The van der Waals surface area contributed by atoms with Crippen LogP contribution in [0.1, 0.15) is 38.7 Å². The van der Waals surface area contributed by atoms with Crippen LogP contribution in [0.3, 0.4) is 0 Å². The first-order valence-electron chi connectivity index (χ1n) is 5.83. The van der Waals surface area contributed by atoms with Gasteiger partial charge in [-0.2, -0.15) is 11.8 Å². The number of aromatic nitrogens is 2. The standard InChI is InChI=1S/C12H18ClIN2S/c1-4-5-9-11(14)12(13)16-10(15-9)7-17-6-8(2)3/h8H,4-7H2,1-3H3. The van der Waals surface area contributed by atoms with Gasteiger partial charge in [0.25, 0.3) is 0 Å². The van der Waals surface area contributed by atoms with Gasteiger partial charge in [-0.15, -0.1) is 0 Å². The predicted octanol–water partition coefficient (Wildman–Crippen LogP) is 4.58. The van der Waals surface area contributed by atoms with E-state index in [-0.39, 0.29) is 0 Å². The third-order valence-electron chi connectivity index (χ3n) is 2.09. The van der Waals surface area contributed by atoms with Crippen LogP contribution >= 0.6 is 46.0 Å². The second-order valence-electron chi connectivity index (χ2n) is 4.35. The van der Waals surface area contributed by atoms with Crippen molar-refractivity contribution in [2.45, 2.75) is 39.4 Å². The molecule has 0 radical (unpaired) electrons. The minimum Gasteiger partial charge on any atom is -0.236 e. The first-order valence-corrected chi connectivity index (χ1v) is 8.44. The lowest BCUT2D eigenvalue weighted by molar-refractivity contribution is 0.749. The fraction of sp³-hybridized carbons (Fsp3) is 0.667. The van der Waals surface area contributed by atoms with Gasteiger partial charge in [-0.25, -0.2) is 9.97 Å². The minimum absolute atomic E-state index is 0.601. The summed E-state index contributed by atoms with van der Waals surface area (Å²) in [6.45, 7) is 6.59. The molecular formula is C12H18ClIN2S. The lowest BCUT2D eigenvalue weighted by Crippen LogP contribution is -2.03. The van der Waals surface area contributed by atoms with Crippen LogP contribution in [-0.2, 0) is 12.2 Å². The molecule has 0 aliphatic rings. The van der Waals surface area contributed by atoms with Crippen molar-refractivity contribution in [1.29, 1.82) is 0 Å². The molecular weight excluding hydrogens is 367 g/mol. The molecule has 1 aromatic rings. The molecule has 1 rings (SSSR count). The van der Waals surface area contributed by atoms with Gasteiger partial charge in [0, 0.05) is 0 Å². The van der Waals surface area contributed by atoms with E-state index in [0.717, 1.165) is 39.4 Å². The maximum absolute atomic E-state index is 6.13. The van der Waals surface area contributed by atoms with Gasteiger partial charge in [0.15, 0.2) is 0 Å². The second kappa shape index (κ2) is 7.79. The molecule has 5 heteroatoms. The van der Waals surface area contributed by atoms with Gasteiger partial charge in [0.05, 0.1) is 15.0 Å². The maximum atomic E-state index is 6.13. The Morgan fingerprint density at radius 3 is 2.65 bits per heavy atom. The smallest absolute Gasteiger partial charge is 0.146 e. The molecule has 0 spiro atoms. The van der Waals surface area contributed by atoms with Crippen molar-refractivity contribution in [3.63, 3.8) is 0 Å². The Bertz CT molecular complexity index is 372. The third kappa shape index (κ3) is 5.30. The van der Waals surface area contributed by atoms with Crippen molar-refractivity contribution in [3.8, 4) is 0 Å². The average Bonchev–Trinajstić information content (AvgIpc) is 2.25. The highest BCUT2D eigenvalue weighted by molar-refractivity contribution is 14.1. The minimum atomic E-state index is 0.601. The van der Waals surface area contributed by atoms with Gasteiger partial charge in [0.2, 0.25) is 0 Å². The SMILES string of the molecule is CCCc1nc(CSCC(C)C)nc(Cl)c1I. The summed E-state index contributed by atoms with van der Waals surface area (Å²) in [6, 6.07) is 0. The van der Waals surface area contributed by atoms with E-state index >= 15 is 0 Å². The van der Waals surface area contributed by atoms with E-state index in [9.17, 15) is 0 Å². The molecule has 0 aliphatic heterocycles. The summed E-state index contributed by atoms with van der Waals surface area (Å²) in [5.41, 5.74) is 1.09. The monoisotopic (exact) mass is 384 g/mol. The highest BCUT2D eigenvalue weighted by Gasteiger charge is 2.10. The Hall–Kier alpha value is 0.450. The number of aryl methyl sites for hydroxylation is 1. The van der Waals surface area contributed by atoms with Gasteiger partial charge in [-0.3, -0.25) is 0 Å². The molecule has 0 N–H and O–H groups in total. The van der Waals surface area contributed by atoms with E-state index < -0.39 is 0 Å². The average molecular weight is 385 g/mol. The topological polar surface area (TPSA) is 25.8 Å². The first-order chi connectivity index (χ1) is 8.04. The fourth-order valence-corrected chi connectivity index (χ4v) is 2.98. The van der Waals surface area contributed by atoms with Crippen LogP contribution in [0.2, 0.25) is 5.15 Å². The number of nitrogens with zero attached hydrogens (tertiary/aromatic N) is 2. The molecule has 0 unspecified atom stereocenters. The molecule has 17 heavy (non-hydrogen) atoms. The lowest BCUT2D eigenvalue weighted by atomic mass is 10.2. The van der Waals surface area contributed by atoms with Crippen molar-refractivity contribution in [3.05, 3.63) is 20.2 Å². The van der Waals surface area contributed by atoms with Gasteiger partial charge in [-0.1, -0.05) is 38.8 Å². The Morgan fingerprint density at radius 2 is 2.06 bits per heavy atom. The van der Waals surface area contributed by atoms with Crippen LogP contribution in [0, 0.1) is 9.49 Å². The zero-order valence-corrected chi connectivity index (χ0v) is 14.2. The number of hydrogen-bond donors (Lipinski definition) is 0. The Kier molecular flexibility index (Phi) is 7.11. The molecule has 0 aromatic carbocycles. The predicted molar refractivity (Wildman–Crippen MR) is 84.8 cm³/mol. The summed E-state index contributed by atoms with van der Waals surface area (Å²) < 4.78 is 1.00. The van der Waals surface area contributed by atoms with E-state index in [4.69, 9.17) is 11.6 Å². The number of rotatable bonds is 6. The van der Waals surface area contributed by atoms with E-state index in [0.29, 0.717) is 11.1 Å². The molecule has 0 fully saturated rings. The van der Waals surface area contributed by atoms with Crippen LogP contribution in [-0.4, -0.2) is 15.7 Å². The van der Waals surface area contributed by atoms with Crippen molar-refractivity contribution >= 4 is 46.0 Å². The Balaban J connectivity index is 2.72. The summed E-state index contributed by atoms with van der Waals surface area (Å²) in [6.07, 6.45) is 2.06. The zero-order valence-electron chi connectivity index (χ0n) is 10.5. The van der Waals surface area contributed by atoms with Gasteiger partial charge < -0.3 is 0 Å². The number of halogens is 2. The van der Waals surface area contributed by atoms with Gasteiger partial charge in [-0.05, 0) is 40.7 Å². The maximum Gasteiger partial charge on any atom is 0.146 e. The lowest BCUT2D eigenvalue weighted by Gasteiger charge is -2.08. The molecule has 0 aliphatic carbocycles. The quantitative estimate of drug-likeness (QED) is 0.530. The van der Waals surface area contributed by atoms with Crippen molar-refractivity contribution < 1.29 is 0 Å². The second-order valence-corrected chi connectivity index (χ2v) is 6.82. The largest absolute Gasteiger partial charge is 0.236 e. The number of hydrogen-bond acceptors (Lipinski definition) is 3. The van der Waals surface area contributed by atoms with Crippen LogP contribution in [0.4, 0.5) is 0 Å². The summed E-state index contributed by atoms with van der Waals surface area (Å²) in [5.74, 6) is 3.56. The summed E-state index contributed by atoms with van der Waals surface area (Å²) in [4.78, 5) is 8.93. The van der Waals surface area contributed by atoms with E-state index in [1.807, 2.05) is 11.8 Å². The molecule has 0 atom stereocenters. The highest BCUT2D eigenvalue weighted by Crippen LogP contribution is 2.22. The summed E-state index contributed by atoms with van der Waals surface area (Å²) in [5, 5.41) is 0.601. The van der Waals surface area contributed by atoms with Gasteiger partial charge in [0.1, 0.15) is 11.0 Å². The van der Waals surface area contributed by atoms with Crippen LogP contribution < -0.4 is 0 Å². The molecule has 1 heterocycles.